The van der Waals surface area contributed by atoms with Crippen LogP contribution in [0, 0.1) is 0 Å². The van der Waals surface area contributed by atoms with Crippen molar-refractivity contribution in [1.29, 1.82) is 0 Å². The summed E-state index contributed by atoms with van der Waals surface area (Å²) in [5.41, 5.74) is 6.71. The zero-order valence-corrected chi connectivity index (χ0v) is 11.3. The summed E-state index contributed by atoms with van der Waals surface area (Å²) in [6, 6.07) is -0.267. The molecular weight excluding hydrogens is 244 g/mol. The van der Waals surface area contributed by atoms with Crippen LogP contribution in [0.5, 0.6) is 0 Å². The van der Waals surface area contributed by atoms with E-state index in [1.165, 1.54) is 6.26 Å². The van der Waals surface area contributed by atoms with Crippen LogP contribution in [0.4, 0.5) is 0 Å². The summed E-state index contributed by atoms with van der Waals surface area (Å²) in [6.07, 6.45) is 3.69. The average molecular weight is 262 g/mol. The van der Waals surface area contributed by atoms with E-state index in [4.69, 9.17) is 5.73 Å². The fourth-order valence-electron chi connectivity index (χ4n) is 1.31. The Morgan fingerprint density at radius 2 is 2.25 bits per heavy atom. The molecule has 92 valence electrons. The van der Waals surface area contributed by atoms with Crippen molar-refractivity contribution in [3.05, 3.63) is 16.1 Å². The van der Waals surface area contributed by atoms with Crippen molar-refractivity contribution in [2.24, 2.45) is 5.73 Å². The van der Waals surface area contributed by atoms with Crippen LogP contribution in [-0.4, -0.2) is 25.4 Å². The summed E-state index contributed by atoms with van der Waals surface area (Å²) in [6.45, 7) is 2.10. The van der Waals surface area contributed by atoms with Crippen LogP contribution in [0.2, 0.25) is 0 Å². The van der Waals surface area contributed by atoms with Crippen molar-refractivity contribution in [2.45, 2.75) is 32.2 Å². The average Bonchev–Trinajstić information content (AvgIpc) is 2.62. The maximum absolute atomic E-state index is 11.0. The Labute approximate surface area is 101 Å². The molecule has 1 aromatic heterocycles. The first kappa shape index (κ1) is 13.6. The van der Waals surface area contributed by atoms with Gasteiger partial charge in [0.25, 0.3) is 0 Å². The SMILES string of the molecule is CCCc1nc(C(N)CCS(C)(=O)=O)cs1. The molecule has 1 heterocycles. The Hall–Kier alpha value is -0.460. The van der Waals surface area contributed by atoms with Crippen molar-refractivity contribution >= 4 is 21.2 Å². The highest BCUT2D eigenvalue weighted by Crippen LogP contribution is 2.19. The van der Waals surface area contributed by atoms with Crippen LogP contribution >= 0.6 is 11.3 Å². The second-order valence-corrected chi connectivity index (χ2v) is 7.14. The lowest BCUT2D eigenvalue weighted by atomic mass is 10.2. The maximum atomic E-state index is 11.0. The van der Waals surface area contributed by atoms with E-state index in [1.807, 2.05) is 5.38 Å². The smallest absolute Gasteiger partial charge is 0.147 e. The van der Waals surface area contributed by atoms with E-state index in [1.54, 1.807) is 11.3 Å². The van der Waals surface area contributed by atoms with Crippen molar-refractivity contribution in [3.8, 4) is 0 Å². The maximum Gasteiger partial charge on any atom is 0.147 e. The lowest BCUT2D eigenvalue weighted by Crippen LogP contribution is -2.16. The van der Waals surface area contributed by atoms with Crippen LogP contribution in [0.3, 0.4) is 0 Å². The molecule has 0 spiro atoms. The highest BCUT2D eigenvalue weighted by Gasteiger charge is 2.13. The fourth-order valence-corrected chi connectivity index (χ4v) is 2.96. The van der Waals surface area contributed by atoms with Gasteiger partial charge in [-0.15, -0.1) is 11.3 Å². The normalized spacial score (nSPS) is 13.9. The third-order valence-electron chi connectivity index (χ3n) is 2.21. The molecule has 0 amide bonds. The summed E-state index contributed by atoms with van der Waals surface area (Å²) in [4.78, 5) is 4.40. The molecule has 4 nitrogen and oxygen atoms in total. The van der Waals surface area contributed by atoms with Crippen molar-refractivity contribution in [3.63, 3.8) is 0 Å². The molecule has 1 aromatic rings. The molecule has 0 radical (unpaired) electrons. The molecule has 16 heavy (non-hydrogen) atoms. The molecule has 0 fully saturated rings. The molecule has 0 saturated heterocycles. The van der Waals surface area contributed by atoms with Gasteiger partial charge in [0.2, 0.25) is 0 Å². The predicted octanol–water partition coefficient (Wildman–Crippen LogP) is 1.53. The van der Waals surface area contributed by atoms with Crippen molar-refractivity contribution in [1.82, 2.24) is 4.98 Å². The molecule has 0 bridgehead atoms. The first-order valence-electron chi connectivity index (χ1n) is 5.30. The molecule has 2 N–H and O–H groups in total. The molecule has 1 atom stereocenters. The quantitative estimate of drug-likeness (QED) is 0.844. The summed E-state index contributed by atoms with van der Waals surface area (Å²) in [5.74, 6) is 0.120. The zero-order chi connectivity index (χ0) is 12.2. The lowest BCUT2D eigenvalue weighted by molar-refractivity contribution is 0.590. The highest BCUT2D eigenvalue weighted by atomic mass is 32.2. The molecule has 0 aliphatic rings. The number of sulfone groups is 1. The molecule has 1 unspecified atom stereocenters. The Morgan fingerprint density at radius 1 is 1.56 bits per heavy atom. The van der Waals surface area contributed by atoms with Gasteiger partial charge in [0.05, 0.1) is 16.5 Å². The van der Waals surface area contributed by atoms with E-state index in [9.17, 15) is 8.42 Å². The number of hydrogen-bond donors (Lipinski definition) is 1. The van der Waals surface area contributed by atoms with Crippen molar-refractivity contribution in [2.75, 3.05) is 12.0 Å². The standard InChI is InChI=1S/C10H18N2O2S2/c1-3-4-10-12-9(7-15-10)8(11)5-6-16(2,13)14/h7-8H,3-6,11H2,1-2H3. The van der Waals surface area contributed by atoms with E-state index in [0.29, 0.717) is 6.42 Å². The van der Waals surface area contributed by atoms with Crippen LogP contribution < -0.4 is 5.73 Å². The molecule has 0 aliphatic carbocycles. The minimum Gasteiger partial charge on any atom is -0.323 e. The van der Waals surface area contributed by atoms with E-state index in [-0.39, 0.29) is 11.8 Å². The number of thiazole rings is 1. The van der Waals surface area contributed by atoms with E-state index in [2.05, 4.69) is 11.9 Å². The summed E-state index contributed by atoms with van der Waals surface area (Å²) < 4.78 is 22.0. The van der Waals surface area contributed by atoms with Gasteiger partial charge >= 0.3 is 0 Å². The summed E-state index contributed by atoms with van der Waals surface area (Å²) in [5, 5.41) is 3.00. The lowest BCUT2D eigenvalue weighted by Gasteiger charge is -2.07. The molecule has 0 aromatic carbocycles. The van der Waals surface area contributed by atoms with Gasteiger partial charge in [-0.2, -0.15) is 0 Å². The third-order valence-corrected chi connectivity index (χ3v) is 4.12. The number of rotatable bonds is 6. The van der Waals surface area contributed by atoms with Gasteiger partial charge in [-0.25, -0.2) is 13.4 Å². The minimum atomic E-state index is -2.93. The van der Waals surface area contributed by atoms with Crippen LogP contribution in [0.15, 0.2) is 5.38 Å². The number of aryl methyl sites for hydroxylation is 1. The van der Waals surface area contributed by atoms with Gasteiger partial charge in [0, 0.05) is 17.7 Å². The number of nitrogens with two attached hydrogens (primary N) is 1. The van der Waals surface area contributed by atoms with Crippen LogP contribution in [0.25, 0.3) is 0 Å². The minimum absolute atomic E-state index is 0.120. The van der Waals surface area contributed by atoms with Gasteiger partial charge in [-0.3, -0.25) is 0 Å². The Kier molecular flexibility index (Phi) is 4.89. The summed E-state index contributed by atoms with van der Waals surface area (Å²) in [7, 11) is -2.93. The Morgan fingerprint density at radius 3 is 2.81 bits per heavy atom. The molecular formula is C10H18N2O2S2. The molecule has 0 aliphatic heterocycles. The molecule has 6 heteroatoms. The van der Waals surface area contributed by atoms with Gasteiger partial charge in [0.15, 0.2) is 0 Å². The van der Waals surface area contributed by atoms with Gasteiger partial charge in [-0.1, -0.05) is 6.92 Å². The largest absolute Gasteiger partial charge is 0.323 e. The first-order valence-corrected chi connectivity index (χ1v) is 8.24. The number of hydrogen-bond acceptors (Lipinski definition) is 5. The number of aromatic nitrogens is 1. The number of nitrogens with zero attached hydrogens (tertiary/aromatic N) is 1. The third kappa shape index (κ3) is 4.59. The van der Waals surface area contributed by atoms with Crippen molar-refractivity contribution < 1.29 is 8.42 Å². The predicted molar refractivity (Wildman–Crippen MR) is 67.4 cm³/mol. The molecule has 0 saturated carbocycles. The van der Waals surface area contributed by atoms with E-state index >= 15 is 0 Å². The zero-order valence-electron chi connectivity index (χ0n) is 9.64. The van der Waals surface area contributed by atoms with E-state index < -0.39 is 9.84 Å². The highest BCUT2D eigenvalue weighted by molar-refractivity contribution is 7.90. The van der Waals surface area contributed by atoms with Gasteiger partial charge in [0.1, 0.15) is 9.84 Å². The Balaban J connectivity index is 2.55. The molecule has 1 rings (SSSR count). The van der Waals surface area contributed by atoms with Gasteiger partial charge in [-0.05, 0) is 19.3 Å². The van der Waals surface area contributed by atoms with Crippen LogP contribution in [-0.2, 0) is 16.3 Å². The summed E-state index contributed by atoms with van der Waals surface area (Å²) >= 11 is 1.60. The second kappa shape index (κ2) is 5.75. The fraction of sp³-hybridized carbons (Fsp3) is 0.700. The topological polar surface area (TPSA) is 73.0 Å². The first-order chi connectivity index (χ1) is 7.42. The van der Waals surface area contributed by atoms with Gasteiger partial charge < -0.3 is 5.73 Å². The monoisotopic (exact) mass is 262 g/mol. The second-order valence-electron chi connectivity index (χ2n) is 3.94. The Bertz CT molecular complexity index is 426. The van der Waals surface area contributed by atoms with E-state index in [0.717, 1.165) is 23.5 Å². The van der Waals surface area contributed by atoms with Crippen LogP contribution in [0.1, 0.15) is 36.5 Å².